The van der Waals surface area contributed by atoms with Gasteiger partial charge in [-0.2, -0.15) is 0 Å². The highest BCUT2D eigenvalue weighted by atomic mass is 19.1. The van der Waals surface area contributed by atoms with E-state index in [4.69, 9.17) is 0 Å². The Morgan fingerprint density at radius 1 is 0.925 bits per heavy atom. The van der Waals surface area contributed by atoms with Gasteiger partial charge in [-0.05, 0) is 84.3 Å². The van der Waals surface area contributed by atoms with Crippen LogP contribution in [0.25, 0.3) is 5.69 Å². The third kappa shape index (κ3) is 5.57. The number of benzene rings is 3. The van der Waals surface area contributed by atoms with Crippen LogP contribution in [0.2, 0.25) is 0 Å². The second kappa shape index (κ2) is 11.1. The number of amides is 2. The number of nitrogens with zero attached hydrogens (tertiary/aromatic N) is 2. The SMILES string of the molecule is Cc1cccc(F)c1C(=O)N1CCC[C@H](C(=O)Nc2cccc(C(C)(C)C)c2)[C@@H]1c1ccc(-n2cccc2)cc1. The lowest BCUT2D eigenvalue weighted by molar-refractivity contribution is -0.123. The van der Waals surface area contributed by atoms with Crippen molar-refractivity contribution in [2.75, 3.05) is 11.9 Å². The number of hydrogen-bond donors (Lipinski definition) is 1. The van der Waals surface area contributed by atoms with Crippen molar-refractivity contribution in [3.63, 3.8) is 0 Å². The van der Waals surface area contributed by atoms with E-state index in [0.29, 0.717) is 24.9 Å². The van der Waals surface area contributed by atoms with E-state index >= 15 is 0 Å². The molecular formula is C34H36FN3O2. The highest BCUT2D eigenvalue weighted by Crippen LogP contribution is 2.39. The van der Waals surface area contributed by atoms with Gasteiger partial charge in [0.05, 0.1) is 17.5 Å². The highest BCUT2D eigenvalue weighted by molar-refractivity contribution is 5.98. The van der Waals surface area contributed by atoms with Gasteiger partial charge in [0.2, 0.25) is 5.91 Å². The van der Waals surface area contributed by atoms with Crippen molar-refractivity contribution in [1.82, 2.24) is 9.47 Å². The van der Waals surface area contributed by atoms with E-state index < -0.39 is 17.8 Å². The van der Waals surface area contributed by atoms with Crippen molar-refractivity contribution in [3.05, 3.63) is 119 Å². The molecule has 5 rings (SSSR count). The van der Waals surface area contributed by atoms with Gasteiger partial charge in [-0.15, -0.1) is 0 Å². The molecule has 2 amide bonds. The van der Waals surface area contributed by atoms with Crippen LogP contribution in [-0.2, 0) is 10.2 Å². The largest absolute Gasteiger partial charge is 0.331 e. The van der Waals surface area contributed by atoms with Crippen LogP contribution < -0.4 is 5.32 Å². The molecule has 0 bridgehead atoms. The number of aromatic nitrogens is 1. The lowest BCUT2D eigenvalue weighted by Gasteiger charge is -2.41. The highest BCUT2D eigenvalue weighted by Gasteiger charge is 2.40. The van der Waals surface area contributed by atoms with E-state index in [1.807, 2.05) is 71.6 Å². The average Bonchev–Trinajstić information content (AvgIpc) is 3.47. The van der Waals surface area contributed by atoms with Crippen LogP contribution in [0.3, 0.4) is 0 Å². The Morgan fingerprint density at radius 2 is 1.62 bits per heavy atom. The third-order valence-corrected chi connectivity index (χ3v) is 7.80. The fourth-order valence-corrected chi connectivity index (χ4v) is 5.61. The number of hydrogen-bond acceptors (Lipinski definition) is 2. The number of piperidine rings is 1. The molecule has 1 fully saturated rings. The van der Waals surface area contributed by atoms with E-state index in [2.05, 4.69) is 32.2 Å². The minimum Gasteiger partial charge on any atom is -0.331 e. The van der Waals surface area contributed by atoms with Gasteiger partial charge in [-0.3, -0.25) is 9.59 Å². The summed E-state index contributed by atoms with van der Waals surface area (Å²) in [6, 6.07) is 23.9. The van der Waals surface area contributed by atoms with E-state index in [9.17, 15) is 14.0 Å². The van der Waals surface area contributed by atoms with Gasteiger partial charge >= 0.3 is 0 Å². The summed E-state index contributed by atoms with van der Waals surface area (Å²) in [6.45, 7) is 8.59. The first-order valence-electron chi connectivity index (χ1n) is 13.8. The van der Waals surface area contributed by atoms with Crippen LogP contribution in [-0.4, -0.2) is 27.8 Å². The summed E-state index contributed by atoms with van der Waals surface area (Å²) >= 11 is 0. The average molecular weight is 538 g/mol. The smallest absolute Gasteiger partial charge is 0.257 e. The minimum atomic E-state index is -0.544. The predicted molar refractivity (Wildman–Crippen MR) is 157 cm³/mol. The first-order valence-corrected chi connectivity index (χ1v) is 13.8. The summed E-state index contributed by atoms with van der Waals surface area (Å²) in [5, 5.41) is 3.12. The molecule has 206 valence electrons. The van der Waals surface area contributed by atoms with Gasteiger partial charge in [0.25, 0.3) is 5.91 Å². The third-order valence-electron chi connectivity index (χ3n) is 7.80. The number of anilines is 1. The summed E-state index contributed by atoms with van der Waals surface area (Å²) in [7, 11) is 0. The maximum Gasteiger partial charge on any atom is 0.257 e. The van der Waals surface area contributed by atoms with Gasteiger partial charge in [-0.25, -0.2) is 4.39 Å². The molecule has 2 heterocycles. The predicted octanol–water partition coefficient (Wildman–Crippen LogP) is 7.45. The Kier molecular flexibility index (Phi) is 7.61. The van der Waals surface area contributed by atoms with Crippen LogP contribution >= 0.6 is 0 Å². The molecule has 1 aliphatic heterocycles. The van der Waals surface area contributed by atoms with Crippen molar-refractivity contribution in [2.45, 2.75) is 52.0 Å². The van der Waals surface area contributed by atoms with E-state index in [1.54, 1.807) is 24.0 Å². The fraction of sp³-hybridized carbons (Fsp3) is 0.294. The number of aryl methyl sites for hydroxylation is 1. The maximum absolute atomic E-state index is 14.9. The van der Waals surface area contributed by atoms with Gasteiger partial charge in [0, 0.05) is 30.3 Å². The monoisotopic (exact) mass is 537 g/mol. The fourth-order valence-electron chi connectivity index (χ4n) is 5.61. The molecule has 0 unspecified atom stereocenters. The van der Waals surface area contributed by atoms with Crippen LogP contribution in [0.4, 0.5) is 10.1 Å². The molecule has 0 spiro atoms. The summed E-state index contributed by atoms with van der Waals surface area (Å²) < 4.78 is 16.9. The van der Waals surface area contributed by atoms with Crippen LogP contribution in [0.1, 0.15) is 66.7 Å². The summed E-state index contributed by atoms with van der Waals surface area (Å²) in [5.41, 5.74) is 4.27. The Labute approximate surface area is 235 Å². The zero-order valence-corrected chi connectivity index (χ0v) is 23.5. The molecule has 0 saturated carbocycles. The van der Waals surface area contributed by atoms with Gasteiger partial charge in [-0.1, -0.05) is 57.2 Å². The van der Waals surface area contributed by atoms with E-state index in [-0.39, 0.29) is 22.8 Å². The van der Waals surface area contributed by atoms with Crippen molar-refractivity contribution in [3.8, 4) is 5.69 Å². The van der Waals surface area contributed by atoms with Gasteiger partial charge in [0.15, 0.2) is 0 Å². The van der Waals surface area contributed by atoms with Crippen molar-refractivity contribution < 1.29 is 14.0 Å². The molecule has 1 aliphatic rings. The molecule has 0 aliphatic carbocycles. The standard InChI is InChI=1S/C34H36FN3O2/c1-23-10-7-14-29(35)30(23)33(40)38-21-9-13-28(32(39)36-26-12-8-11-25(22-26)34(2,3)4)31(38)24-15-17-27(18-16-24)37-19-5-6-20-37/h5-8,10-12,14-20,22,28,31H,9,13,21H2,1-4H3,(H,36,39)/t28-,31-/m0/s1. The maximum atomic E-state index is 14.9. The lowest BCUT2D eigenvalue weighted by Crippen LogP contribution is -2.46. The number of rotatable bonds is 5. The second-order valence-electron chi connectivity index (χ2n) is 11.6. The van der Waals surface area contributed by atoms with Gasteiger partial charge in [0.1, 0.15) is 5.82 Å². The molecule has 2 atom stereocenters. The van der Waals surface area contributed by atoms with Crippen LogP contribution in [0, 0.1) is 18.7 Å². The molecule has 1 saturated heterocycles. The number of carbonyl (C=O) groups is 2. The molecule has 6 heteroatoms. The van der Waals surface area contributed by atoms with Crippen molar-refractivity contribution in [1.29, 1.82) is 0 Å². The first kappa shape index (κ1) is 27.4. The first-order chi connectivity index (χ1) is 19.1. The summed E-state index contributed by atoms with van der Waals surface area (Å²) in [4.78, 5) is 29.5. The van der Waals surface area contributed by atoms with Gasteiger partial charge < -0.3 is 14.8 Å². The number of nitrogens with one attached hydrogen (secondary N) is 1. The quantitative estimate of drug-likeness (QED) is 0.287. The molecule has 1 aromatic heterocycles. The topological polar surface area (TPSA) is 54.3 Å². The summed E-state index contributed by atoms with van der Waals surface area (Å²) in [5.74, 6) is -1.58. The molecule has 0 radical (unpaired) electrons. The summed E-state index contributed by atoms with van der Waals surface area (Å²) in [6.07, 6.45) is 5.20. The normalized spacial score (nSPS) is 17.5. The van der Waals surface area contributed by atoms with E-state index in [0.717, 1.165) is 22.5 Å². The lowest BCUT2D eigenvalue weighted by atomic mass is 9.83. The number of carbonyl (C=O) groups excluding carboxylic acids is 2. The Morgan fingerprint density at radius 3 is 2.30 bits per heavy atom. The Bertz CT molecular complexity index is 1480. The van der Waals surface area contributed by atoms with Crippen LogP contribution in [0.15, 0.2) is 91.3 Å². The molecule has 3 aromatic carbocycles. The minimum absolute atomic E-state index is 0.0591. The molecule has 40 heavy (non-hydrogen) atoms. The Hall–Kier alpha value is -4.19. The van der Waals surface area contributed by atoms with Crippen molar-refractivity contribution in [2.24, 2.45) is 5.92 Å². The van der Waals surface area contributed by atoms with Crippen molar-refractivity contribution >= 4 is 17.5 Å². The zero-order chi connectivity index (χ0) is 28.4. The van der Waals surface area contributed by atoms with Crippen LogP contribution in [0.5, 0.6) is 0 Å². The second-order valence-corrected chi connectivity index (χ2v) is 11.6. The number of halogens is 1. The molecule has 5 nitrogen and oxygen atoms in total. The zero-order valence-electron chi connectivity index (χ0n) is 23.5. The van der Waals surface area contributed by atoms with E-state index in [1.165, 1.54) is 6.07 Å². The number of likely N-dealkylation sites (tertiary alicyclic amines) is 1. The molecule has 1 N–H and O–H groups in total. The molecular weight excluding hydrogens is 501 g/mol. The Balaban J connectivity index is 1.51. The molecule has 4 aromatic rings.